The average Bonchev–Trinajstić information content (AvgIpc) is 2.32. The fraction of sp³-hybridized carbons (Fsp3) is 0.529. The van der Waals surface area contributed by atoms with Gasteiger partial charge in [-0.25, -0.2) is 0 Å². The Bertz CT molecular complexity index is 444. The van der Waals surface area contributed by atoms with E-state index in [2.05, 4.69) is 70.1 Å². The van der Waals surface area contributed by atoms with Gasteiger partial charge in [-0.1, -0.05) is 36.9 Å². The van der Waals surface area contributed by atoms with Gasteiger partial charge in [0.05, 0.1) is 5.76 Å². The van der Waals surface area contributed by atoms with Gasteiger partial charge in [0.25, 0.3) is 0 Å². The molecule has 0 N–H and O–H groups in total. The third-order valence-electron chi connectivity index (χ3n) is 2.94. The Morgan fingerprint density at radius 1 is 1.00 bits per heavy atom. The van der Waals surface area contributed by atoms with Gasteiger partial charge in [-0.2, -0.15) is 0 Å². The Hall–Kier alpha value is -0.846. The summed E-state index contributed by atoms with van der Waals surface area (Å²) in [5.41, 5.74) is 1.31. The van der Waals surface area contributed by atoms with Crippen molar-refractivity contribution < 1.29 is 8.85 Å². The molecule has 4 heteroatoms. The van der Waals surface area contributed by atoms with Crippen molar-refractivity contribution in [3.8, 4) is 0 Å². The van der Waals surface area contributed by atoms with Crippen LogP contribution in [0.25, 0.3) is 0 Å². The maximum atomic E-state index is 6.12. The molecule has 0 aliphatic rings. The summed E-state index contributed by atoms with van der Waals surface area (Å²) in [6.45, 7) is 18.1. The molecule has 0 saturated heterocycles. The van der Waals surface area contributed by atoms with Crippen LogP contribution in [0.3, 0.4) is 0 Å². The van der Waals surface area contributed by atoms with Crippen LogP contribution in [0.4, 0.5) is 0 Å². The molecule has 0 aliphatic carbocycles. The van der Waals surface area contributed by atoms with Crippen LogP contribution < -0.4 is 0 Å². The second-order valence-electron chi connectivity index (χ2n) is 7.49. The lowest BCUT2D eigenvalue weighted by Crippen LogP contribution is -2.32. The maximum absolute atomic E-state index is 6.12. The lowest BCUT2D eigenvalue weighted by molar-refractivity contribution is 0.222. The summed E-state index contributed by atoms with van der Waals surface area (Å²) < 4.78 is 12.2. The van der Waals surface area contributed by atoms with Gasteiger partial charge < -0.3 is 8.85 Å². The summed E-state index contributed by atoms with van der Waals surface area (Å²) in [4.78, 5) is 0. The van der Waals surface area contributed by atoms with Crippen LogP contribution >= 0.6 is 0 Å². The lowest BCUT2D eigenvalue weighted by Gasteiger charge is -2.29. The van der Waals surface area contributed by atoms with Gasteiger partial charge in [-0.05, 0) is 51.3 Å². The van der Waals surface area contributed by atoms with Crippen LogP contribution in [-0.2, 0) is 15.3 Å². The van der Waals surface area contributed by atoms with E-state index in [-0.39, 0.29) is 5.92 Å². The van der Waals surface area contributed by atoms with Gasteiger partial charge in [0, 0.05) is 12.5 Å². The molecule has 0 aliphatic heterocycles. The van der Waals surface area contributed by atoms with E-state index in [1.165, 1.54) is 5.56 Å². The lowest BCUT2D eigenvalue weighted by atomic mass is 9.99. The minimum absolute atomic E-state index is 0.228. The van der Waals surface area contributed by atoms with Crippen molar-refractivity contribution in [2.75, 3.05) is 6.61 Å². The first kappa shape index (κ1) is 18.2. The molecule has 0 spiro atoms. The molecule has 0 amide bonds. The molecule has 0 saturated carbocycles. The Morgan fingerprint density at radius 2 is 1.57 bits per heavy atom. The first-order chi connectivity index (χ1) is 9.57. The molecule has 0 bridgehead atoms. The molecule has 1 unspecified atom stereocenters. The molecule has 2 nitrogen and oxygen atoms in total. The van der Waals surface area contributed by atoms with Crippen molar-refractivity contribution in [1.29, 1.82) is 0 Å². The second kappa shape index (κ2) is 7.43. The molecule has 0 aromatic heterocycles. The molecule has 1 aromatic carbocycles. The minimum atomic E-state index is -1.62. The summed E-state index contributed by atoms with van der Waals surface area (Å²) >= 11 is 0. The molecular weight excluding hydrogens is 292 g/mol. The van der Waals surface area contributed by atoms with Gasteiger partial charge in [0.15, 0.2) is 8.32 Å². The Labute approximate surface area is 132 Å². The van der Waals surface area contributed by atoms with Crippen LogP contribution in [0, 0.1) is 5.92 Å². The van der Waals surface area contributed by atoms with E-state index in [1.807, 2.05) is 6.07 Å². The van der Waals surface area contributed by atoms with Crippen molar-refractivity contribution in [2.24, 2.45) is 5.92 Å². The molecule has 0 fully saturated rings. The van der Waals surface area contributed by atoms with Crippen molar-refractivity contribution in [3.05, 3.63) is 48.2 Å². The SMILES string of the molecule is C=C(O[Si](C)(C)C)C(CO[Si](C)(C)C)Cc1ccccc1. The maximum Gasteiger partial charge on any atom is 0.241 e. The van der Waals surface area contributed by atoms with Gasteiger partial charge in [-0.15, -0.1) is 0 Å². The number of hydrogen-bond donors (Lipinski definition) is 0. The summed E-state index contributed by atoms with van der Waals surface area (Å²) in [6, 6.07) is 10.5. The minimum Gasteiger partial charge on any atom is -0.547 e. The Kier molecular flexibility index (Phi) is 6.44. The van der Waals surface area contributed by atoms with Crippen molar-refractivity contribution in [3.63, 3.8) is 0 Å². The second-order valence-corrected chi connectivity index (χ2v) is 16.4. The monoisotopic (exact) mass is 322 g/mol. The predicted octanol–water partition coefficient (Wildman–Crippen LogP) is 5.06. The zero-order valence-electron chi connectivity index (χ0n) is 14.4. The highest BCUT2D eigenvalue weighted by Crippen LogP contribution is 2.22. The van der Waals surface area contributed by atoms with Crippen LogP contribution in [0.2, 0.25) is 39.3 Å². The van der Waals surface area contributed by atoms with E-state index >= 15 is 0 Å². The topological polar surface area (TPSA) is 18.5 Å². The van der Waals surface area contributed by atoms with Crippen LogP contribution in [-0.4, -0.2) is 23.2 Å². The highest BCUT2D eigenvalue weighted by atomic mass is 28.4. The van der Waals surface area contributed by atoms with Gasteiger partial charge in [0.1, 0.15) is 0 Å². The third-order valence-corrected chi connectivity index (χ3v) is 4.84. The molecule has 0 radical (unpaired) electrons. The normalized spacial score (nSPS) is 13.8. The highest BCUT2D eigenvalue weighted by molar-refractivity contribution is 6.70. The summed E-state index contributed by atoms with van der Waals surface area (Å²) in [5.74, 6) is 1.11. The molecule has 1 aromatic rings. The van der Waals surface area contributed by atoms with E-state index in [1.54, 1.807) is 0 Å². The summed E-state index contributed by atoms with van der Waals surface area (Å²) in [6.07, 6.45) is 0.925. The molecular formula is C17H30O2Si2. The molecule has 1 rings (SSSR count). The van der Waals surface area contributed by atoms with Gasteiger partial charge >= 0.3 is 0 Å². The van der Waals surface area contributed by atoms with Crippen LogP contribution in [0.5, 0.6) is 0 Å². The fourth-order valence-corrected chi connectivity index (χ4v) is 3.65. The highest BCUT2D eigenvalue weighted by Gasteiger charge is 2.24. The first-order valence-corrected chi connectivity index (χ1v) is 14.4. The molecule has 118 valence electrons. The van der Waals surface area contributed by atoms with Gasteiger partial charge in [-0.3, -0.25) is 0 Å². The number of benzene rings is 1. The quantitative estimate of drug-likeness (QED) is 0.492. The fourth-order valence-electron chi connectivity index (χ4n) is 1.99. The summed E-state index contributed by atoms with van der Waals surface area (Å²) in [7, 11) is -3.15. The van der Waals surface area contributed by atoms with E-state index < -0.39 is 16.6 Å². The van der Waals surface area contributed by atoms with E-state index in [9.17, 15) is 0 Å². The zero-order chi connectivity index (χ0) is 16.1. The standard InChI is InChI=1S/C17H30O2Si2/c1-15(19-21(5,6)7)17(14-18-20(2,3)4)13-16-11-9-8-10-12-16/h8-12,17H,1,13-14H2,2-7H3. The van der Waals surface area contributed by atoms with E-state index in [4.69, 9.17) is 8.85 Å². The number of rotatable bonds is 8. The van der Waals surface area contributed by atoms with Crippen LogP contribution in [0.1, 0.15) is 5.56 Å². The molecule has 1 atom stereocenters. The van der Waals surface area contributed by atoms with E-state index in [0.717, 1.165) is 12.2 Å². The zero-order valence-corrected chi connectivity index (χ0v) is 16.4. The van der Waals surface area contributed by atoms with E-state index in [0.29, 0.717) is 6.61 Å². The van der Waals surface area contributed by atoms with Crippen molar-refractivity contribution in [1.82, 2.24) is 0 Å². The largest absolute Gasteiger partial charge is 0.547 e. The molecule has 21 heavy (non-hydrogen) atoms. The average molecular weight is 323 g/mol. The van der Waals surface area contributed by atoms with Crippen molar-refractivity contribution in [2.45, 2.75) is 45.7 Å². The van der Waals surface area contributed by atoms with Crippen molar-refractivity contribution >= 4 is 16.6 Å². The third kappa shape index (κ3) is 8.24. The predicted molar refractivity (Wildman–Crippen MR) is 96.5 cm³/mol. The summed E-state index contributed by atoms with van der Waals surface area (Å²) in [5, 5.41) is 0. The Morgan fingerprint density at radius 3 is 2.05 bits per heavy atom. The van der Waals surface area contributed by atoms with Crippen LogP contribution in [0.15, 0.2) is 42.7 Å². The smallest absolute Gasteiger partial charge is 0.241 e. The Balaban J connectivity index is 2.76. The number of hydrogen-bond acceptors (Lipinski definition) is 2. The van der Waals surface area contributed by atoms with Gasteiger partial charge in [0.2, 0.25) is 8.32 Å². The molecule has 0 heterocycles. The first-order valence-electron chi connectivity index (χ1n) is 7.62.